The molecule has 0 unspecified atom stereocenters. The maximum atomic E-state index is 15.0. The van der Waals surface area contributed by atoms with Crippen LogP contribution in [0.25, 0.3) is 28.0 Å². The molecule has 210 valence electrons. The zero-order valence-electron chi connectivity index (χ0n) is 22.8. The molecule has 0 spiro atoms. The number of hydrogen-bond donors (Lipinski definition) is 1. The highest BCUT2D eigenvalue weighted by molar-refractivity contribution is 6.34. The van der Waals surface area contributed by atoms with Crippen molar-refractivity contribution < 1.29 is 14.3 Å². The maximum Gasteiger partial charge on any atom is 0.355 e. The van der Waals surface area contributed by atoms with Crippen LogP contribution in [0.15, 0.2) is 66.0 Å². The van der Waals surface area contributed by atoms with E-state index in [9.17, 15) is 14.7 Å². The molecule has 3 heterocycles. The molecule has 0 bridgehead atoms. The normalized spacial score (nSPS) is 18.0. The molecule has 6 rings (SSSR count). The maximum absolute atomic E-state index is 15.0. The van der Waals surface area contributed by atoms with Crippen LogP contribution in [0, 0.1) is 5.82 Å². The number of aromatic nitrogens is 3. The van der Waals surface area contributed by atoms with Crippen LogP contribution in [0.4, 0.5) is 10.2 Å². The summed E-state index contributed by atoms with van der Waals surface area (Å²) >= 11 is 6.73. The van der Waals surface area contributed by atoms with E-state index in [2.05, 4.69) is 18.5 Å². The minimum Gasteiger partial charge on any atom is -0.507 e. The zero-order valence-corrected chi connectivity index (χ0v) is 23.5. The number of carbonyl (C=O) groups excluding carboxylic acids is 1. The van der Waals surface area contributed by atoms with E-state index in [1.807, 2.05) is 36.1 Å². The summed E-state index contributed by atoms with van der Waals surface area (Å²) in [7, 11) is 0. The summed E-state index contributed by atoms with van der Waals surface area (Å²) in [5, 5.41) is 11.2. The molecule has 1 aliphatic heterocycles. The molecule has 0 radical (unpaired) electrons. The van der Waals surface area contributed by atoms with Gasteiger partial charge in [-0.3, -0.25) is 4.79 Å². The summed E-state index contributed by atoms with van der Waals surface area (Å²) in [5.41, 5.74) is 1.14. The van der Waals surface area contributed by atoms with Crippen molar-refractivity contribution in [2.75, 3.05) is 24.5 Å². The third kappa shape index (κ3) is 4.54. The van der Waals surface area contributed by atoms with Gasteiger partial charge in [-0.1, -0.05) is 49.4 Å². The molecule has 4 aromatic rings. The first-order chi connectivity index (χ1) is 19.6. The number of hydrogen-bond acceptors (Lipinski definition) is 6. The minimum atomic E-state index is -0.690. The van der Waals surface area contributed by atoms with Crippen molar-refractivity contribution in [1.82, 2.24) is 19.4 Å². The summed E-state index contributed by atoms with van der Waals surface area (Å²) < 4.78 is 16.5. The predicted molar refractivity (Wildman–Crippen MR) is 157 cm³/mol. The number of benzene rings is 2. The second-order valence-electron chi connectivity index (χ2n) is 11.0. The number of nitrogens with zero attached hydrogens (tertiary/aromatic N) is 5. The number of phenols is 1. The fourth-order valence-electron chi connectivity index (χ4n) is 5.70. The lowest BCUT2D eigenvalue weighted by Crippen LogP contribution is -2.54. The number of fused-ring (bicyclic) bond motifs is 1. The molecule has 8 nitrogen and oxygen atoms in total. The van der Waals surface area contributed by atoms with E-state index in [0.29, 0.717) is 36.5 Å². The Hall–Kier alpha value is -4.24. The lowest BCUT2D eigenvalue weighted by Gasteiger charge is -2.40. The van der Waals surface area contributed by atoms with Crippen molar-refractivity contribution in [3.05, 3.63) is 88.1 Å². The smallest absolute Gasteiger partial charge is 0.355 e. The summed E-state index contributed by atoms with van der Waals surface area (Å²) in [5.74, 6) is -0.781. The molecule has 2 aliphatic rings. The first-order valence-electron chi connectivity index (χ1n) is 13.5. The average Bonchev–Trinajstić information content (AvgIpc) is 3.71. The van der Waals surface area contributed by atoms with E-state index in [0.717, 1.165) is 18.4 Å². The summed E-state index contributed by atoms with van der Waals surface area (Å²) in [4.78, 5) is 39.2. The zero-order chi connectivity index (χ0) is 29.1. The Morgan fingerprint density at radius 1 is 1.17 bits per heavy atom. The average molecular weight is 574 g/mol. The molecule has 2 fully saturated rings. The number of amides is 1. The van der Waals surface area contributed by atoms with Gasteiger partial charge in [0.15, 0.2) is 5.65 Å². The van der Waals surface area contributed by atoms with E-state index in [-0.39, 0.29) is 45.0 Å². The molecule has 1 aliphatic carbocycles. The van der Waals surface area contributed by atoms with Gasteiger partial charge in [0.1, 0.15) is 17.4 Å². The summed E-state index contributed by atoms with van der Waals surface area (Å²) in [6.07, 6.45) is 3.26. The van der Waals surface area contributed by atoms with Crippen molar-refractivity contribution in [3.8, 4) is 22.7 Å². The van der Waals surface area contributed by atoms with Crippen LogP contribution in [0.5, 0.6) is 5.75 Å². The van der Waals surface area contributed by atoms with Gasteiger partial charge in [-0.15, -0.1) is 0 Å². The second kappa shape index (κ2) is 9.99. The van der Waals surface area contributed by atoms with Crippen molar-refractivity contribution in [2.24, 2.45) is 0 Å². The van der Waals surface area contributed by atoms with Crippen LogP contribution in [-0.4, -0.2) is 56.1 Å². The Balaban J connectivity index is 1.62. The van der Waals surface area contributed by atoms with Gasteiger partial charge in [0.2, 0.25) is 5.91 Å². The number of carbonyl (C=O) groups is 1. The SMILES string of the molecule is C=CC(=O)N1CCN(c2nc(=O)n(-c3ccccc3C3(C)CC3)c3nc(-c4c(O)cccc4F)c(Cl)cc23)[C@@H](C)C1. The van der Waals surface area contributed by atoms with E-state index < -0.39 is 11.5 Å². The van der Waals surface area contributed by atoms with E-state index in [4.69, 9.17) is 16.6 Å². The molecule has 1 saturated carbocycles. The van der Waals surface area contributed by atoms with Gasteiger partial charge < -0.3 is 14.9 Å². The van der Waals surface area contributed by atoms with Gasteiger partial charge in [-0.05, 0) is 61.1 Å². The van der Waals surface area contributed by atoms with Gasteiger partial charge >= 0.3 is 5.69 Å². The van der Waals surface area contributed by atoms with Crippen LogP contribution in [0.3, 0.4) is 0 Å². The Morgan fingerprint density at radius 3 is 2.61 bits per heavy atom. The minimum absolute atomic E-state index is 0.0182. The van der Waals surface area contributed by atoms with Gasteiger partial charge in [-0.25, -0.2) is 18.7 Å². The van der Waals surface area contributed by atoms with Crippen LogP contribution in [0.2, 0.25) is 5.02 Å². The van der Waals surface area contributed by atoms with Gasteiger partial charge in [-0.2, -0.15) is 4.98 Å². The first kappa shape index (κ1) is 27.0. The second-order valence-corrected chi connectivity index (χ2v) is 11.4. The van der Waals surface area contributed by atoms with Crippen LogP contribution < -0.4 is 10.6 Å². The quantitative estimate of drug-likeness (QED) is 0.329. The lowest BCUT2D eigenvalue weighted by atomic mass is 9.96. The van der Waals surface area contributed by atoms with Crippen LogP contribution >= 0.6 is 11.6 Å². The summed E-state index contributed by atoms with van der Waals surface area (Å²) in [6.45, 7) is 8.95. The van der Waals surface area contributed by atoms with Crippen LogP contribution in [-0.2, 0) is 10.2 Å². The highest BCUT2D eigenvalue weighted by Gasteiger charge is 2.41. The number of aromatic hydroxyl groups is 1. The number of pyridine rings is 1. The largest absolute Gasteiger partial charge is 0.507 e. The third-order valence-corrected chi connectivity index (χ3v) is 8.50. The Bertz CT molecular complexity index is 1760. The molecule has 10 heteroatoms. The number of piperazine rings is 1. The fraction of sp³-hybridized carbons (Fsp3) is 0.290. The highest BCUT2D eigenvalue weighted by Crippen LogP contribution is 2.49. The molecule has 1 amide bonds. The number of rotatable bonds is 5. The molecule has 1 N–H and O–H groups in total. The van der Waals surface area contributed by atoms with Gasteiger partial charge in [0.25, 0.3) is 0 Å². The monoisotopic (exact) mass is 573 g/mol. The number of anilines is 1. The van der Waals surface area contributed by atoms with E-state index >= 15 is 4.39 Å². The molecular formula is C31H29ClFN5O3. The Labute approximate surface area is 241 Å². The number of para-hydroxylation sites is 1. The molecule has 41 heavy (non-hydrogen) atoms. The van der Waals surface area contributed by atoms with Crippen molar-refractivity contribution in [3.63, 3.8) is 0 Å². The topological polar surface area (TPSA) is 91.6 Å². The summed E-state index contributed by atoms with van der Waals surface area (Å²) in [6, 6.07) is 13.1. The van der Waals surface area contributed by atoms with E-state index in [1.165, 1.54) is 28.8 Å². The molecular weight excluding hydrogens is 545 g/mol. The Morgan fingerprint density at radius 2 is 1.93 bits per heavy atom. The first-order valence-corrected chi connectivity index (χ1v) is 13.9. The Kier molecular flexibility index (Phi) is 6.57. The van der Waals surface area contributed by atoms with Crippen molar-refractivity contribution >= 4 is 34.4 Å². The van der Waals surface area contributed by atoms with Gasteiger partial charge in [0.05, 0.1) is 27.4 Å². The standard InChI is InChI=1S/C31H29ClFN5O3/c1-4-25(40)36-14-15-37(18(2)17-36)28-19-16-21(32)27(26-22(33)9-7-11-24(26)39)34-29(19)38(30(41)35-28)23-10-6-5-8-20(23)31(3)12-13-31/h4-11,16,18,39H,1,12-15,17H2,2-3H3/t18-/m0/s1. The van der Waals surface area contributed by atoms with E-state index in [1.54, 1.807) is 11.0 Å². The lowest BCUT2D eigenvalue weighted by molar-refractivity contribution is -0.126. The number of halogens is 2. The van der Waals surface area contributed by atoms with Crippen LogP contribution in [0.1, 0.15) is 32.3 Å². The van der Waals surface area contributed by atoms with Crippen molar-refractivity contribution in [1.29, 1.82) is 0 Å². The highest BCUT2D eigenvalue weighted by atomic mass is 35.5. The van der Waals surface area contributed by atoms with Crippen molar-refractivity contribution in [2.45, 2.75) is 38.1 Å². The predicted octanol–water partition coefficient (Wildman–Crippen LogP) is 5.22. The molecule has 1 saturated heterocycles. The molecule has 2 aromatic heterocycles. The number of phenolic OH excluding ortho intramolecular Hbond substituents is 1. The third-order valence-electron chi connectivity index (χ3n) is 8.21. The fourth-order valence-corrected chi connectivity index (χ4v) is 5.95. The van der Waals surface area contributed by atoms with Gasteiger partial charge in [0, 0.05) is 25.7 Å². The molecule has 1 atom stereocenters. The molecule has 2 aromatic carbocycles.